The first-order chi connectivity index (χ1) is 14.9. The summed E-state index contributed by atoms with van der Waals surface area (Å²) in [6, 6.07) is 5.04. The highest BCUT2D eigenvalue weighted by atomic mass is 16.7. The van der Waals surface area contributed by atoms with Crippen LogP contribution in [0.5, 0.6) is 0 Å². The number of ether oxygens (including phenoxy) is 3. The molecule has 0 radical (unpaired) electrons. The van der Waals surface area contributed by atoms with Crippen LogP contribution < -0.4 is 5.73 Å². The van der Waals surface area contributed by atoms with Crippen LogP contribution in [0.15, 0.2) is 18.5 Å². The first-order valence-corrected chi connectivity index (χ1v) is 10.2. The molecule has 1 saturated heterocycles. The van der Waals surface area contributed by atoms with Crippen molar-refractivity contribution in [1.29, 1.82) is 5.26 Å². The Bertz CT molecular complexity index is 1050. The van der Waals surface area contributed by atoms with Crippen molar-refractivity contribution in [3.05, 3.63) is 24.2 Å². The quantitative estimate of drug-likeness (QED) is 0.587. The van der Waals surface area contributed by atoms with E-state index in [0.29, 0.717) is 10.9 Å². The third-order valence-corrected chi connectivity index (χ3v) is 6.85. The molecule has 0 amide bonds. The normalized spacial score (nSPS) is 31.7. The second-order valence-corrected chi connectivity index (χ2v) is 8.66. The molecule has 5 rings (SSSR count). The van der Waals surface area contributed by atoms with Crippen LogP contribution in [0.3, 0.4) is 0 Å². The van der Waals surface area contributed by atoms with Crippen molar-refractivity contribution in [3.8, 4) is 6.07 Å². The Morgan fingerprint density at radius 2 is 2.16 bits per heavy atom. The minimum atomic E-state index is -1.94. The number of carbonyl (C=O) groups excluding carboxylic acids is 1. The lowest BCUT2D eigenvalue weighted by Gasteiger charge is -2.53. The van der Waals surface area contributed by atoms with Crippen LogP contribution in [-0.4, -0.2) is 62.0 Å². The van der Waals surface area contributed by atoms with E-state index in [1.807, 2.05) is 6.07 Å². The highest BCUT2D eigenvalue weighted by Crippen LogP contribution is 2.56. The predicted octanol–water partition coefficient (Wildman–Crippen LogP) is 0.637. The summed E-state index contributed by atoms with van der Waals surface area (Å²) in [5.74, 6) is 0.185. The lowest BCUT2D eigenvalue weighted by Crippen LogP contribution is -2.47. The van der Waals surface area contributed by atoms with Crippen LogP contribution in [0.4, 0.5) is 10.6 Å². The lowest BCUT2D eigenvalue weighted by molar-refractivity contribution is -0.112. The third kappa shape index (κ3) is 3.02. The number of nitrogens with zero attached hydrogens (tertiary/aromatic N) is 4. The number of aliphatic hydroxyl groups is 2. The van der Waals surface area contributed by atoms with E-state index in [1.165, 1.54) is 36.2 Å². The molecule has 3 heterocycles. The molecule has 3 aliphatic rings. The lowest BCUT2D eigenvalue weighted by atomic mass is 9.55. The number of hydrogen-bond donors (Lipinski definition) is 3. The van der Waals surface area contributed by atoms with Crippen molar-refractivity contribution in [1.82, 2.24) is 14.6 Å². The van der Waals surface area contributed by atoms with Crippen molar-refractivity contribution in [2.24, 2.45) is 5.41 Å². The maximum atomic E-state index is 12.0. The van der Waals surface area contributed by atoms with Crippen LogP contribution in [0.1, 0.15) is 37.8 Å². The fourth-order valence-corrected chi connectivity index (χ4v) is 4.95. The first kappa shape index (κ1) is 20.0. The standard InChI is InChI=1S/C20H23N5O6/c21-9-20(14-3-2-12-17(22)23-10-24-25(12)14)16(27)15(26)13(31-20)8-29-18(28)30-11-6-19(7-11)4-1-5-19/h2-3,10-11,13,15-16,26-27H,1,4-8H2,(H2,22,23,24)/t13-,15-,16-,20+/m1/s1. The van der Waals surface area contributed by atoms with Gasteiger partial charge in [0.15, 0.2) is 5.82 Å². The van der Waals surface area contributed by atoms with E-state index < -0.39 is 30.1 Å². The van der Waals surface area contributed by atoms with Gasteiger partial charge in [0.1, 0.15) is 48.9 Å². The maximum Gasteiger partial charge on any atom is 0.508 e. The highest BCUT2D eigenvalue weighted by molar-refractivity contribution is 5.66. The molecular formula is C20H23N5O6. The van der Waals surface area contributed by atoms with Gasteiger partial charge in [-0.3, -0.25) is 0 Å². The zero-order valence-corrected chi connectivity index (χ0v) is 16.7. The molecule has 0 aromatic carbocycles. The molecule has 1 aliphatic heterocycles. The second-order valence-electron chi connectivity index (χ2n) is 8.66. The van der Waals surface area contributed by atoms with Crippen LogP contribution in [-0.2, 0) is 19.8 Å². The molecule has 2 saturated carbocycles. The minimum Gasteiger partial charge on any atom is -0.431 e. The van der Waals surface area contributed by atoms with Crippen molar-refractivity contribution in [3.63, 3.8) is 0 Å². The number of carbonyl (C=O) groups is 1. The smallest absolute Gasteiger partial charge is 0.431 e. The van der Waals surface area contributed by atoms with Gasteiger partial charge in [-0.1, -0.05) is 6.42 Å². The number of fused-ring (bicyclic) bond motifs is 1. The molecule has 4 atom stereocenters. The topological polar surface area (TPSA) is 165 Å². The minimum absolute atomic E-state index is 0.150. The van der Waals surface area contributed by atoms with E-state index in [2.05, 4.69) is 10.1 Å². The fourth-order valence-electron chi connectivity index (χ4n) is 4.95. The number of nitriles is 1. The van der Waals surface area contributed by atoms with Crippen LogP contribution in [0.25, 0.3) is 5.52 Å². The van der Waals surface area contributed by atoms with Gasteiger partial charge in [0, 0.05) is 0 Å². The number of nitrogens with two attached hydrogens (primary N) is 1. The zero-order valence-electron chi connectivity index (χ0n) is 16.7. The van der Waals surface area contributed by atoms with Gasteiger partial charge >= 0.3 is 6.16 Å². The summed E-state index contributed by atoms with van der Waals surface area (Å²) in [4.78, 5) is 15.9. The maximum absolute atomic E-state index is 12.0. The van der Waals surface area contributed by atoms with Crippen molar-refractivity contribution in [2.45, 2.75) is 62.1 Å². The van der Waals surface area contributed by atoms with Crippen LogP contribution >= 0.6 is 0 Å². The Morgan fingerprint density at radius 3 is 2.84 bits per heavy atom. The molecule has 4 N–H and O–H groups in total. The van der Waals surface area contributed by atoms with Crippen molar-refractivity contribution in [2.75, 3.05) is 12.3 Å². The molecule has 0 unspecified atom stereocenters. The van der Waals surface area contributed by atoms with E-state index in [1.54, 1.807) is 6.07 Å². The van der Waals surface area contributed by atoms with E-state index in [9.17, 15) is 20.3 Å². The molecule has 2 aromatic rings. The van der Waals surface area contributed by atoms with Crippen LogP contribution in [0.2, 0.25) is 0 Å². The number of nitrogen functional groups attached to an aromatic ring is 1. The van der Waals surface area contributed by atoms with Gasteiger partial charge in [-0.15, -0.1) is 0 Å². The van der Waals surface area contributed by atoms with Gasteiger partial charge in [0.25, 0.3) is 0 Å². The number of anilines is 1. The molecule has 2 aliphatic carbocycles. The SMILES string of the molecule is N#C[C@@]1(c2ccc3c(N)ncnn23)O[C@H](COC(=O)OC2CC3(CCC3)C2)[C@@H](O)[C@H]1O. The Hall–Kier alpha value is -2.94. The van der Waals surface area contributed by atoms with E-state index in [4.69, 9.17) is 19.9 Å². The monoisotopic (exact) mass is 429 g/mol. The molecular weight excluding hydrogens is 406 g/mol. The van der Waals surface area contributed by atoms with Gasteiger partial charge in [-0.25, -0.2) is 14.3 Å². The largest absolute Gasteiger partial charge is 0.508 e. The molecule has 11 nitrogen and oxygen atoms in total. The molecule has 1 spiro atoms. The Kier molecular flexibility index (Phi) is 4.55. The van der Waals surface area contributed by atoms with Crippen LogP contribution in [0, 0.1) is 16.7 Å². The second kappa shape index (κ2) is 7.05. The number of rotatable bonds is 4. The van der Waals surface area contributed by atoms with E-state index in [-0.39, 0.29) is 24.2 Å². The van der Waals surface area contributed by atoms with Gasteiger partial charge in [0.2, 0.25) is 5.60 Å². The summed E-state index contributed by atoms with van der Waals surface area (Å²) >= 11 is 0. The number of hydrogen-bond acceptors (Lipinski definition) is 10. The molecule has 2 aromatic heterocycles. The summed E-state index contributed by atoms with van der Waals surface area (Å²) in [5, 5.41) is 35.1. The average Bonchev–Trinajstić information content (AvgIpc) is 3.23. The summed E-state index contributed by atoms with van der Waals surface area (Å²) in [6.45, 7) is -0.376. The Labute approximate surface area is 177 Å². The fraction of sp³-hybridized carbons (Fsp3) is 0.600. The Balaban J connectivity index is 1.27. The van der Waals surface area contributed by atoms with Crippen molar-refractivity contribution < 1.29 is 29.2 Å². The highest BCUT2D eigenvalue weighted by Gasteiger charge is 2.58. The number of aromatic nitrogens is 3. The van der Waals surface area contributed by atoms with E-state index in [0.717, 1.165) is 12.8 Å². The predicted molar refractivity (Wildman–Crippen MR) is 103 cm³/mol. The van der Waals surface area contributed by atoms with Gasteiger partial charge < -0.3 is 30.2 Å². The Morgan fingerprint density at radius 1 is 1.39 bits per heavy atom. The molecule has 0 bridgehead atoms. The summed E-state index contributed by atoms with van der Waals surface area (Å²) in [5.41, 5.74) is 4.85. The van der Waals surface area contributed by atoms with E-state index >= 15 is 0 Å². The average molecular weight is 429 g/mol. The summed E-state index contributed by atoms with van der Waals surface area (Å²) < 4.78 is 17.5. The summed E-state index contributed by atoms with van der Waals surface area (Å²) in [7, 11) is 0. The van der Waals surface area contributed by atoms with Gasteiger partial charge in [-0.05, 0) is 43.2 Å². The molecule has 11 heteroatoms. The summed E-state index contributed by atoms with van der Waals surface area (Å²) in [6.07, 6.45) is 1.29. The van der Waals surface area contributed by atoms with Gasteiger partial charge in [0.05, 0.1) is 5.69 Å². The zero-order chi connectivity index (χ0) is 21.8. The van der Waals surface area contributed by atoms with Gasteiger partial charge in [-0.2, -0.15) is 10.4 Å². The molecule has 3 fully saturated rings. The molecule has 164 valence electrons. The molecule has 31 heavy (non-hydrogen) atoms. The number of aliphatic hydroxyl groups excluding tert-OH is 2. The third-order valence-electron chi connectivity index (χ3n) is 6.85. The van der Waals surface area contributed by atoms with Crippen molar-refractivity contribution >= 4 is 17.5 Å². The first-order valence-electron chi connectivity index (χ1n) is 10.2.